The van der Waals surface area contributed by atoms with Crippen molar-refractivity contribution in [1.29, 1.82) is 0 Å². The van der Waals surface area contributed by atoms with Crippen molar-refractivity contribution in [3.63, 3.8) is 0 Å². The highest BCUT2D eigenvalue weighted by Gasteiger charge is 2.17. The van der Waals surface area contributed by atoms with Crippen LogP contribution in [0.5, 0.6) is 5.75 Å². The average molecular weight is 252 g/mol. The van der Waals surface area contributed by atoms with Gasteiger partial charge in [-0.3, -0.25) is 4.98 Å². The van der Waals surface area contributed by atoms with Crippen LogP contribution in [0, 0.1) is 11.8 Å². The number of halogens is 1. The summed E-state index contributed by atoms with van der Waals surface area (Å²) >= 11 is 5.56. The van der Waals surface area contributed by atoms with Crippen molar-refractivity contribution in [3.05, 3.63) is 24.0 Å². The summed E-state index contributed by atoms with van der Waals surface area (Å²) in [6.45, 7) is 1.43. The number of aromatic nitrogens is 1. The molecule has 0 saturated carbocycles. The zero-order valence-corrected chi connectivity index (χ0v) is 10.2. The number of rotatable bonds is 3. The molecule has 1 aromatic heterocycles. The number of ether oxygens (including phenoxy) is 2. The van der Waals surface area contributed by atoms with Crippen LogP contribution in [-0.4, -0.2) is 30.2 Å². The Hall–Kier alpha value is -1.24. The van der Waals surface area contributed by atoms with E-state index in [1.807, 2.05) is 6.07 Å². The molecule has 90 valence electrons. The molecule has 1 aliphatic rings. The predicted octanol–water partition coefficient (Wildman–Crippen LogP) is 2.23. The Balaban J connectivity index is 1.98. The Morgan fingerprint density at radius 3 is 3.24 bits per heavy atom. The summed E-state index contributed by atoms with van der Waals surface area (Å²) < 4.78 is 11.0. The van der Waals surface area contributed by atoms with Gasteiger partial charge in [-0.25, -0.2) is 0 Å². The van der Waals surface area contributed by atoms with Gasteiger partial charge in [0, 0.05) is 30.5 Å². The first-order valence-electron chi connectivity index (χ1n) is 5.63. The number of pyridine rings is 1. The van der Waals surface area contributed by atoms with Crippen LogP contribution in [0.1, 0.15) is 18.4 Å². The second-order valence-electron chi connectivity index (χ2n) is 3.75. The molecule has 1 fully saturated rings. The molecular formula is C13H14ClNO2. The number of alkyl halides is 1. The molecule has 0 spiro atoms. The van der Waals surface area contributed by atoms with E-state index in [4.69, 9.17) is 21.1 Å². The lowest BCUT2D eigenvalue weighted by atomic mass is 10.2. The van der Waals surface area contributed by atoms with Gasteiger partial charge < -0.3 is 9.47 Å². The Morgan fingerprint density at radius 2 is 2.47 bits per heavy atom. The molecule has 1 saturated heterocycles. The molecule has 1 aliphatic heterocycles. The van der Waals surface area contributed by atoms with Crippen molar-refractivity contribution < 1.29 is 9.47 Å². The zero-order chi connectivity index (χ0) is 11.9. The highest BCUT2D eigenvalue weighted by Crippen LogP contribution is 2.16. The van der Waals surface area contributed by atoms with Crippen LogP contribution in [0.4, 0.5) is 0 Å². The molecule has 1 unspecified atom stereocenters. The topological polar surface area (TPSA) is 31.4 Å². The molecule has 0 N–H and O–H groups in total. The van der Waals surface area contributed by atoms with Crippen LogP contribution in [0.3, 0.4) is 0 Å². The van der Waals surface area contributed by atoms with Crippen molar-refractivity contribution in [1.82, 2.24) is 4.98 Å². The van der Waals surface area contributed by atoms with E-state index in [1.165, 1.54) is 0 Å². The van der Waals surface area contributed by atoms with Crippen molar-refractivity contribution in [2.45, 2.75) is 18.9 Å². The first kappa shape index (κ1) is 12.2. The van der Waals surface area contributed by atoms with Crippen LogP contribution < -0.4 is 4.74 Å². The summed E-state index contributed by atoms with van der Waals surface area (Å²) in [6.07, 6.45) is 5.18. The van der Waals surface area contributed by atoms with Crippen molar-refractivity contribution in [3.8, 4) is 17.6 Å². The average Bonchev–Trinajstić information content (AvgIpc) is 2.83. The molecule has 2 heterocycles. The van der Waals surface area contributed by atoms with Crippen molar-refractivity contribution >= 4 is 11.6 Å². The standard InChI is InChI=1S/C13H14ClNO2/c14-5-2-1-3-11-7-13(9-15-8-11)17-12-4-6-16-10-12/h7-9,12H,2,4-6,10H2. The molecule has 0 aliphatic carbocycles. The molecule has 17 heavy (non-hydrogen) atoms. The molecule has 0 radical (unpaired) electrons. The summed E-state index contributed by atoms with van der Waals surface area (Å²) in [7, 11) is 0. The van der Waals surface area contributed by atoms with Gasteiger partial charge in [0.15, 0.2) is 0 Å². The van der Waals surface area contributed by atoms with Crippen molar-refractivity contribution in [2.75, 3.05) is 19.1 Å². The molecule has 0 aromatic carbocycles. The lowest BCUT2D eigenvalue weighted by Crippen LogP contribution is -2.15. The lowest BCUT2D eigenvalue weighted by Gasteiger charge is -2.10. The van der Waals surface area contributed by atoms with Gasteiger partial charge in [-0.1, -0.05) is 11.8 Å². The second-order valence-corrected chi connectivity index (χ2v) is 4.13. The Labute approximate surface area is 106 Å². The van der Waals surface area contributed by atoms with Crippen LogP contribution in [0.25, 0.3) is 0 Å². The zero-order valence-electron chi connectivity index (χ0n) is 9.49. The Morgan fingerprint density at radius 1 is 1.53 bits per heavy atom. The van der Waals surface area contributed by atoms with E-state index in [-0.39, 0.29) is 6.10 Å². The van der Waals surface area contributed by atoms with Gasteiger partial charge in [-0.05, 0) is 6.07 Å². The van der Waals surface area contributed by atoms with E-state index in [9.17, 15) is 0 Å². The lowest BCUT2D eigenvalue weighted by molar-refractivity contribution is 0.141. The third-order valence-corrected chi connectivity index (χ3v) is 2.55. The maximum absolute atomic E-state index is 5.74. The third kappa shape index (κ3) is 3.92. The molecule has 1 atom stereocenters. The maximum atomic E-state index is 5.74. The Bertz CT molecular complexity index is 419. The SMILES string of the molecule is ClCCC#Cc1cncc(OC2CCOC2)c1. The van der Waals surface area contributed by atoms with Gasteiger partial charge in [0.2, 0.25) is 0 Å². The van der Waals surface area contributed by atoms with Gasteiger partial charge in [-0.15, -0.1) is 11.6 Å². The predicted molar refractivity (Wildman–Crippen MR) is 66.3 cm³/mol. The summed E-state index contributed by atoms with van der Waals surface area (Å²) in [5.74, 6) is 7.27. The molecule has 3 nitrogen and oxygen atoms in total. The molecular weight excluding hydrogens is 238 g/mol. The Kier molecular flexibility index (Phi) is 4.66. The second kappa shape index (κ2) is 6.48. The monoisotopic (exact) mass is 251 g/mol. The van der Waals surface area contributed by atoms with Crippen molar-refractivity contribution in [2.24, 2.45) is 0 Å². The molecule has 4 heteroatoms. The van der Waals surface area contributed by atoms with E-state index in [0.29, 0.717) is 18.9 Å². The fraction of sp³-hybridized carbons (Fsp3) is 0.462. The van der Waals surface area contributed by atoms with Crippen LogP contribution in [0.15, 0.2) is 18.5 Å². The van der Waals surface area contributed by atoms with Gasteiger partial charge in [0.25, 0.3) is 0 Å². The van der Waals surface area contributed by atoms with E-state index in [2.05, 4.69) is 16.8 Å². The first-order valence-corrected chi connectivity index (χ1v) is 6.16. The summed E-state index contributed by atoms with van der Waals surface area (Å²) in [6, 6.07) is 1.90. The van der Waals surface area contributed by atoms with Crippen LogP contribution >= 0.6 is 11.6 Å². The molecule has 2 rings (SSSR count). The first-order chi connectivity index (χ1) is 8.38. The minimum Gasteiger partial charge on any atom is -0.486 e. The number of hydrogen-bond acceptors (Lipinski definition) is 3. The van der Waals surface area contributed by atoms with Crippen LogP contribution in [0.2, 0.25) is 0 Å². The van der Waals surface area contributed by atoms with Gasteiger partial charge in [0.05, 0.1) is 19.4 Å². The quantitative estimate of drug-likeness (QED) is 0.610. The number of nitrogens with zero attached hydrogens (tertiary/aromatic N) is 1. The molecule has 0 bridgehead atoms. The van der Waals surface area contributed by atoms with E-state index in [0.717, 1.165) is 24.3 Å². The van der Waals surface area contributed by atoms with Gasteiger partial charge >= 0.3 is 0 Å². The van der Waals surface area contributed by atoms with Gasteiger partial charge in [-0.2, -0.15) is 0 Å². The minimum absolute atomic E-state index is 0.142. The summed E-state index contributed by atoms with van der Waals surface area (Å²) in [5, 5.41) is 0. The summed E-state index contributed by atoms with van der Waals surface area (Å²) in [5.41, 5.74) is 0.853. The highest BCUT2D eigenvalue weighted by molar-refractivity contribution is 6.18. The molecule has 1 aromatic rings. The minimum atomic E-state index is 0.142. The third-order valence-electron chi connectivity index (χ3n) is 2.36. The maximum Gasteiger partial charge on any atom is 0.139 e. The highest BCUT2D eigenvalue weighted by atomic mass is 35.5. The fourth-order valence-corrected chi connectivity index (χ4v) is 1.66. The summed E-state index contributed by atoms with van der Waals surface area (Å²) in [4.78, 5) is 4.10. The normalized spacial score (nSPS) is 18.5. The van der Waals surface area contributed by atoms with E-state index >= 15 is 0 Å². The molecule has 0 amide bonds. The van der Waals surface area contributed by atoms with Crippen LogP contribution in [-0.2, 0) is 4.74 Å². The smallest absolute Gasteiger partial charge is 0.139 e. The fourth-order valence-electron chi connectivity index (χ4n) is 1.56. The number of hydrogen-bond donors (Lipinski definition) is 0. The van der Waals surface area contributed by atoms with E-state index < -0.39 is 0 Å². The van der Waals surface area contributed by atoms with Gasteiger partial charge in [0.1, 0.15) is 11.9 Å². The largest absolute Gasteiger partial charge is 0.486 e. The van der Waals surface area contributed by atoms with E-state index in [1.54, 1.807) is 12.4 Å².